The van der Waals surface area contributed by atoms with Crippen molar-refractivity contribution in [1.29, 1.82) is 0 Å². The predicted molar refractivity (Wildman–Crippen MR) is 127 cm³/mol. The zero-order valence-corrected chi connectivity index (χ0v) is 19.0. The van der Waals surface area contributed by atoms with E-state index in [1.54, 1.807) is 42.3 Å². The molecule has 0 atom stereocenters. The minimum absolute atomic E-state index is 0.241. The number of carbonyl (C=O) groups excluding carboxylic acids is 1. The summed E-state index contributed by atoms with van der Waals surface area (Å²) in [5, 5.41) is 15.0. The molecule has 33 heavy (non-hydrogen) atoms. The summed E-state index contributed by atoms with van der Waals surface area (Å²) in [5.74, 6) is 0.990. The highest BCUT2D eigenvalue weighted by atomic mass is 35.5. The summed E-state index contributed by atoms with van der Waals surface area (Å²) in [5.41, 5.74) is 4.02. The van der Waals surface area contributed by atoms with E-state index in [1.165, 1.54) is 0 Å². The lowest BCUT2D eigenvalue weighted by molar-refractivity contribution is 0.0951. The van der Waals surface area contributed by atoms with Crippen LogP contribution in [0.15, 0.2) is 67.0 Å². The summed E-state index contributed by atoms with van der Waals surface area (Å²) < 4.78 is 7.06. The molecular formula is C24H23ClN6O2. The van der Waals surface area contributed by atoms with Crippen molar-refractivity contribution in [3.63, 3.8) is 0 Å². The molecule has 0 spiro atoms. The molecule has 168 valence electrons. The Morgan fingerprint density at radius 1 is 1.15 bits per heavy atom. The van der Waals surface area contributed by atoms with Gasteiger partial charge in [-0.15, -0.1) is 5.10 Å². The molecule has 0 bridgehead atoms. The number of aryl methyl sites for hydroxylation is 1. The van der Waals surface area contributed by atoms with Crippen LogP contribution in [0.2, 0.25) is 5.02 Å². The minimum atomic E-state index is -0.266. The van der Waals surface area contributed by atoms with E-state index in [0.717, 1.165) is 22.6 Å². The topological polar surface area (TPSA) is 94.0 Å². The highest BCUT2D eigenvalue weighted by molar-refractivity contribution is 6.30. The van der Waals surface area contributed by atoms with Gasteiger partial charge in [0.15, 0.2) is 0 Å². The van der Waals surface area contributed by atoms with E-state index in [1.807, 2.05) is 37.4 Å². The maximum atomic E-state index is 12.8. The van der Waals surface area contributed by atoms with Crippen molar-refractivity contribution in [2.75, 3.05) is 12.4 Å². The van der Waals surface area contributed by atoms with Gasteiger partial charge < -0.3 is 15.4 Å². The van der Waals surface area contributed by atoms with Crippen molar-refractivity contribution in [1.82, 2.24) is 25.3 Å². The Hall–Kier alpha value is -3.91. The lowest BCUT2D eigenvalue weighted by Gasteiger charge is -2.11. The molecule has 9 heteroatoms. The molecule has 2 heterocycles. The highest BCUT2D eigenvalue weighted by Gasteiger charge is 2.13. The number of ether oxygens (including phenoxy) is 1. The van der Waals surface area contributed by atoms with Crippen LogP contribution in [0.25, 0.3) is 0 Å². The van der Waals surface area contributed by atoms with Gasteiger partial charge >= 0.3 is 0 Å². The number of pyridine rings is 1. The molecule has 0 aliphatic rings. The van der Waals surface area contributed by atoms with Gasteiger partial charge in [0.25, 0.3) is 5.91 Å². The lowest BCUT2D eigenvalue weighted by Crippen LogP contribution is -2.24. The predicted octanol–water partition coefficient (Wildman–Crippen LogP) is 4.37. The molecule has 0 radical (unpaired) electrons. The van der Waals surface area contributed by atoms with E-state index in [0.29, 0.717) is 28.6 Å². The van der Waals surface area contributed by atoms with Gasteiger partial charge in [0, 0.05) is 16.9 Å². The Kier molecular flexibility index (Phi) is 6.85. The molecule has 4 rings (SSSR count). The number of nitrogens with one attached hydrogen (secondary N) is 2. The minimum Gasteiger partial charge on any atom is -0.497 e. The van der Waals surface area contributed by atoms with Crippen LogP contribution < -0.4 is 15.4 Å². The number of carbonyl (C=O) groups is 1. The molecule has 2 aromatic carbocycles. The Bertz CT molecular complexity index is 1260. The summed E-state index contributed by atoms with van der Waals surface area (Å²) >= 11 is 5.94. The van der Waals surface area contributed by atoms with Crippen molar-refractivity contribution < 1.29 is 9.53 Å². The molecule has 0 saturated heterocycles. The van der Waals surface area contributed by atoms with Crippen LogP contribution in [0.1, 0.15) is 27.2 Å². The summed E-state index contributed by atoms with van der Waals surface area (Å²) in [6.07, 6.45) is 3.44. The van der Waals surface area contributed by atoms with Crippen molar-refractivity contribution in [3.05, 3.63) is 94.4 Å². The second-order valence-electron chi connectivity index (χ2n) is 7.48. The maximum absolute atomic E-state index is 12.8. The normalized spacial score (nSPS) is 10.6. The molecule has 2 aromatic heterocycles. The number of hydrogen-bond acceptors (Lipinski definition) is 6. The fraction of sp³-hybridized carbons (Fsp3) is 0.167. The number of hydrogen-bond donors (Lipinski definition) is 2. The van der Waals surface area contributed by atoms with E-state index >= 15 is 0 Å². The van der Waals surface area contributed by atoms with E-state index in [2.05, 4.69) is 32.0 Å². The van der Waals surface area contributed by atoms with E-state index in [9.17, 15) is 4.79 Å². The number of amides is 1. The first kappa shape index (κ1) is 22.3. The first-order chi connectivity index (χ1) is 16.0. The van der Waals surface area contributed by atoms with Crippen LogP contribution in [0.4, 0.5) is 11.5 Å². The molecule has 2 N–H and O–H groups in total. The summed E-state index contributed by atoms with van der Waals surface area (Å²) in [4.78, 5) is 17.1. The zero-order chi connectivity index (χ0) is 23.2. The second-order valence-corrected chi connectivity index (χ2v) is 7.92. The van der Waals surface area contributed by atoms with Crippen LogP contribution in [0, 0.1) is 6.92 Å². The average molecular weight is 463 g/mol. The van der Waals surface area contributed by atoms with Crippen LogP contribution >= 0.6 is 11.6 Å². The molecule has 0 saturated carbocycles. The summed E-state index contributed by atoms with van der Waals surface area (Å²) in [6.45, 7) is 2.81. The molecule has 0 aliphatic carbocycles. The van der Waals surface area contributed by atoms with Crippen molar-refractivity contribution in [2.45, 2.75) is 20.0 Å². The summed E-state index contributed by atoms with van der Waals surface area (Å²) in [6, 6.07) is 16.6. The van der Waals surface area contributed by atoms with Crippen molar-refractivity contribution in [2.24, 2.45) is 0 Å². The van der Waals surface area contributed by atoms with Crippen LogP contribution in [-0.2, 0) is 13.1 Å². The van der Waals surface area contributed by atoms with E-state index in [-0.39, 0.29) is 12.5 Å². The SMILES string of the molecule is COc1cc(C)cc(Cn2cc(CNC(=O)c3cccnc3Nc3ccc(Cl)cc3)nn2)c1. The highest BCUT2D eigenvalue weighted by Crippen LogP contribution is 2.20. The fourth-order valence-corrected chi connectivity index (χ4v) is 3.47. The van der Waals surface area contributed by atoms with Crippen LogP contribution in [0.3, 0.4) is 0 Å². The number of anilines is 2. The van der Waals surface area contributed by atoms with Crippen molar-refractivity contribution >= 4 is 29.0 Å². The molecular weight excluding hydrogens is 440 g/mol. The first-order valence-corrected chi connectivity index (χ1v) is 10.7. The smallest absolute Gasteiger partial charge is 0.255 e. The van der Waals surface area contributed by atoms with Crippen LogP contribution in [0.5, 0.6) is 5.75 Å². The van der Waals surface area contributed by atoms with Gasteiger partial charge in [0.1, 0.15) is 17.3 Å². The van der Waals surface area contributed by atoms with Gasteiger partial charge in [0.2, 0.25) is 0 Å². The monoisotopic (exact) mass is 462 g/mol. The number of benzene rings is 2. The van der Waals surface area contributed by atoms with Crippen LogP contribution in [-0.4, -0.2) is 33.0 Å². The third-order valence-corrected chi connectivity index (χ3v) is 5.12. The quantitative estimate of drug-likeness (QED) is 0.404. The van der Waals surface area contributed by atoms with E-state index < -0.39 is 0 Å². The van der Waals surface area contributed by atoms with Gasteiger partial charge in [-0.1, -0.05) is 22.9 Å². The molecule has 0 aliphatic heterocycles. The number of rotatable bonds is 8. The Labute approximate surface area is 196 Å². The molecule has 0 fully saturated rings. The summed E-state index contributed by atoms with van der Waals surface area (Å²) in [7, 11) is 1.65. The number of aromatic nitrogens is 4. The van der Waals surface area contributed by atoms with Gasteiger partial charge in [0.05, 0.1) is 32.0 Å². The Morgan fingerprint density at radius 3 is 2.76 bits per heavy atom. The fourth-order valence-electron chi connectivity index (χ4n) is 3.34. The van der Waals surface area contributed by atoms with E-state index in [4.69, 9.17) is 16.3 Å². The average Bonchev–Trinajstić information content (AvgIpc) is 3.26. The second kappa shape index (κ2) is 10.1. The van der Waals surface area contributed by atoms with Gasteiger partial charge in [-0.2, -0.15) is 0 Å². The number of halogens is 1. The van der Waals surface area contributed by atoms with Gasteiger partial charge in [-0.05, 0) is 66.6 Å². The standard InChI is InChI=1S/C24H23ClN6O2/c1-16-10-17(12-21(11-16)33-2)14-31-15-20(29-30-31)13-27-24(32)22-4-3-9-26-23(22)28-19-7-5-18(25)6-8-19/h3-12,15H,13-14H2,1-2H3,(H,26,28)(H,27,32). The third-order valence-electron chi connectivity index (χ3n) is 4.87. The molecule has 1 amide bonds. The Balaban J connectivity index is 1.39. The zero-order valence-electron chi connectivity index (χ0n) is 18.2. The number of methoxy groups -OCH3 is 1. The molecule has 4 aromatic rings. The lowest BCUT2D eigenvalue weighted by atomic mass is 10.1. The number of nitrogens with zero attached hydrogens (tertiary/aromatic N) is 4. The largest absolute Gasteiger partial charge is 0.497 e. The Morgan fingerprint density at radius 2 is 1.97 bits per heavy atom. The molecule has 8 nitrogen and oxygen atoms in total. The van der Waals surface area contributed by atoms with Gasteiger partial charge in [-0.25, -0.2) is 9.67 Å². The molecule has 0 unspecified atom stereocenters. The third kappa shape index (κ3) is 5.87. The maximum Gasteiger partial charge on any atom is 0.255 e. The van der Waals surface area contributed by atoms with Crippen molar-refractivity contribution in [3.8, 4) is 5.75 Å². The first-order valence-electron chi connectivity index (χ1n) is 10.3. The van der Waals surface area contributed by atoms with Gasteiger partial charge in [-0.3, -0.25) is 4.79 Å².